The van der Waals surface area contributed by atoms with Crippen LogP contribution in [-0.4, -0.2) is 0 Å². The van der Waals surface area contributed by atoms with Gasteiger partial charge < -0.3 is 0 Å². The predicted molar refractivity (Wildman–Crippen MR) is 129 cm³/mol. The first kappa shape index (κ1) is 22.9. The normalized spacial score (nSPS) is 25.0. The lowest BCUT2D eigenvalue weighted by molar-refractivity contribution is 0.187. The Hall–Kier alpha value is -0.750. The molecule has 1 heteroatoms. The van der Waals surface area contributed by atoms with Gasteiger partial charge >= 0.3 is 0 Å². The zero-order valence-electron chi connectivity index (χ0n) is 18.8. The Bertz CT molecular complexity index is 608. The van der Waals surface area contributed by atoms with E-state index in [1.807, 2.05) is 12.1 Å². The summed E-state index contributed by atoms with van der Waals surface area (Å²) >= 11 is 6.41. The third-order valence-electron chi connectivity index (χ3n) is 7.70. The van der Waals surface area contributed by atoms with Crippen molar-refractivity contribution in [1.82, 2.24) is 0 Å². The van der Waals surface area contributed by atoms with Gasteiger partial charge in [-0.05, 0) is 67.1 Å². The molecule has 29 heavy (non-hydrogen) atoms. The lowest BCUT2D eigenvalue weighted by atomic mass is 9.70. The average Bonchev–Trinajstić information content (AvgIpc) is 2.77. The molecular weight excluding hydrogens is 372 g/mol. The van der Waals surface area contributed by atoms with E-state index in [4.69, 9.17) is 11.6 Å². The Morgan fingerprint density at radius 3 is 2.14 bits per heavy atom. The van der Waals surface area contributed by atoms with Gasteiger partial charge in [0.05, 0.1) is 0 Å². The Kier molecular flexibility index (Phi) is 10.1. The van der Waals surface area contributed by atoms with Crippen LogP contribution in [0.2, 0.25) is 5.02 Å². The summed E-state index contributed by atoms with van der Waals surface area (Å²) in [6.45, 7) is 2.30. The van der Waals surface area contributed by atoms with Crippen LogP contribution in [0.5, 0.6) is 0 Å². The highest BCUT2D eigenvalue weighted by molar-refractivity contribution is 6.32. The smallest absolute Gasteiger partial charge is 0.0481 e. The standard InChI is InChI=1S/C28H43Cl/c1-2-3-4-5-6-7-8-9-12-23-15-17-24(18-16-23)25-19-21-26(22-20-25)27-13-10-11-14-28(27)29/h10-11,13-14,21,23-25H,2-9,12,15-20,22H2,1H3. The molecule has 0 bridgehead atoms. The summed E-state index contributed by atoms with van der Waals surface area (Å²) in [5.74, 6) is 2.93. The summed E-state index contributed by atoms with van der Waals surface area (Å²) in [4.78, 5) is 0. The number of unbranched alkanes of at least 4 members (excludes halogenated alkanes) is 7. The molecule has 0 aromatic heterocycles. The first-order valence-corrected chi connectivity index (χ1v) is 13.1. The summed E-state index contributed by atoms with van der Waals surface area (Å²) in [5.41, 5.74) is 2.75. The fourth-order valence-electron chi connectivity index (χ4n) is 5.76. The molecule has 1 aromatic carbocycles. The Morgan fingerprint density at radius 2 is 1.48 bits per heavy atom. The van der Waals surface area contributed by atoms with Crippen molar-refractivity contribution in [3.63, 3.8) is 0 Å². The van der Waals surface area contributed by atoms with E-state index in [9.17, 15) is 0 Å². The summed E-state index contributed by atoms with van der Waals surface area (Å²) in [5, 5.41) is 0.915. The lowest BCUT2D eigenvalue weighted by Crippen LogP contribution is -2.23. The van der Waals surface area contributed by atoms with Crippen LogP contribution in [0.1, 0.15) is 115 Å². The minimum absolute atomic E-state index is 0.915. The maximum absolute atomic E-state index is 6.41. The van der Waals surface area contributed by atoms with Gasteiger partial charge in [-0.25, -0.2) is 0 Å². The van der Waals surface area contributed by atoms with E-state index in [1.54, 1.807) is 0 Å². The number of rotatable bonds is 11. The minimum Gasteiger partial charge on any atom is -0.0837 e. The monoisotopic (exact) mass is 414 g/mol. The fraction of sp³-hybridized carbons (Fsp3) is 0.714. The van der Waals surface area contributed by atoms with Crippen molar-refractivity contribution in [2.45, 2.75) is 110 Å². The van der Waals surface area contributed by atoms with Crippen LogP contribution in [-0.2, 0) is 0 Å². The molecular formula is C28H43Cl. The highest BCUT2D eigenvalue weighted by Gasteiger charge is 2.28. The van der Waals surface area contributed by atoms with Crippen LogP contribution >= 0.6 is 11.6 Å². The molecule has 0 radical (unpaired) electrons. The van der Waals surface area contributed by atoms with Gasteiger partial charge in [-0.1, -0.05) is 113 Å². The second-order valence-electron chi connectivity index (χ2n) is 9.79. The molecule has 2 aliphatic rings. The fourth-order valence-corrected chi connectivity index (χ4v) is 6.02. The van der Waals surface area contributed by atoms with Gasteiger partial charge in [0.2, 0.25) is 0 Å². The van der Waals surface area contributed by atoms with E-state index >= 15 is 0 Å². The van der Waals surface area contributed by atoms with E-state index in [2.05, 4.69) is 25.1 Å². The number of allylic oxidation sites excluding steroid dienone is 2. The summed E-state index contributed by atoms with van der Waals surface area (Å²) in [7, 11) is 0. The Balaban J connectivity index is 1.30. The van der Waals surface area contributed by atoms with Crippen molar-refractivity contribution >= 4 is 17.2 Å². The molecule has 0 aliphatic heterocycles. The summed E-state index contributed by atoms with van der Waals surface area (Å²) < 4.78 is 0. The van der Waals surface area contributed by atoms with E-state index in [0.29, 0.717) is 0 Å². The number of halogens is 1. The predicted octanol–water partition coefficient (Wildman–Crippen LogP) is 9.86. The molecule has 0 spiro atoms. The molecule has 162 valence electrons. The first-order chi connectivity index (χ1) is 14.3. The molecule has 1 fully saturated rings. The quantitative estimate of drug-likeness (QED) is 0.316. The Labute approximate surface area is 185 Å². The molecule has 0 saturated heterocycles. The second-order valence-corrected chi connectivity index (χ2v) is 10.2. The van der Waals surface area contributed by atoms with Crippen LogP contribution < -0.4 is 0 Å². The number of hydrogen-bond acceptors (Lipinski definition) is 0. The van der Waals surface area contributed by atoms with Gasteiger partial charge in [0.1, 0.15) is 0 Å². The SMILES string of the molecule is CCCCCCCCCCC1CCC(C2CC=C(c3ccccc3Cl)CC2)CC1. The van der Waals surface area contributed by atoms with Gasteiger partial charge in [0.25, 0.3) is 0 Å². The molecule has 1 aromatic rings. The molecule has 3 rings (SSSR count). The van der Waals surface area contributed by atoms with Crippen molar-refractivity contribution in [2.75, 3.05) is 0 Å². The summed E-state index contributed by atoms with van der Waals surface area (Å²) in [6.07, 6.45) is 25.4. The minimum atomic E-state index is 0.915. The van der Waals surface area contributed by atoms with Crippen LogP contribution in [0.4, 0.5) is 0 Å². The molecule has 0 amide bonds. The van der Waals surface area contributed by atoms with Gasteiger partial charge in [-0.3, -0.25) is 0 Å². The van der Waals surface area contributed by atoms with Crippen molar-refractivity contribution in [1.29, 1.82) is 0 Å². The maximum Gasteiger partial charge on any atom is 0.0481 e. The van der Waals surface area contributed by atoms with E-state index in [0.717, 1.165) is 22.8 Å². The van der Waals surface area contributed by atoms with E-state index in [1.165, 1.54) is 114 Å². The van der Waals surface area contributed by atoms with Crippen LogP contribution in [0, 0.1) is 17.8 Å². The van der Waals surface area contributed by atoms with Crippen LogP contribution in [0.15, 0.2) is 30.3 Å². The lowest BCUT2D eigenvalue weighted by Gasteiger charge is -2.35. The van der Waals surface area contributed by atoms with Crippen molar-refractivity contribution in [3.8, 4) is 0 Å². The zero-order valence-corrected chi connectivity index (χ0v) is 19.6. The average molecular weight is 415 g/mol. The largest absolute Gasteiger partial charge is 0.0837 e. The molecule has 0 heterocycles. The highest BCUT2D eigenvalue weighted by atomic mass is 35.5. The third kappa shape index (κ3) is 7.46. The van der Waals surface area contributed by atoms with Crippen molar-refractivity contribution < 1.29 is 0 Å². The van der Waals surface area contributed by atoms with Gasteiger partial charge in [0, 0.05) is 5.02 Å². The first-order valence-electron chi connectivity index (χ1n) is 12.7. The molecule has 1 saturated carbocycles. The van der Waals surface area contributed by atoms with Crippen molar-refractivity contribution in [3.05, 3.63) is 40.9 Å². The third-order valence-corrected chi connectivity index (χ3v) is 8.02. The Morgan fingerprint density at radius 1 is 0.793 bits per heavy atom. The van der Waals surface area contributed by atoms with Crippen molar-refractivity contribution in [2.24, 2.45) is 17.8 Å². The topological polar surface area (TPSA) is 0 Å². The van der Waals surface area contributed by atoms with Gasteiger partial charge in [-0.15, -0.1) is 0 Å². The van der Waals surface area contributed by atoms with Crippen LogP contribution in [0.25, 0.3) is 5.57 Å². The maximum atomic E-state index is 6.41. The van der Waals surface area contributed by atoms with E-state index in [-0.39, 0.29) is 0 Å². The van der Waals surface area contributed by atoms with Gasteiger partial charge in [-0.2, -0.15) is 0 Å². The molecule has 1 unspecified atom stereocenters. The second kappa shape index (κ2) is 12.8. The highest BCUT2D eigenvalue weighted by Crippen LogP contribution is 2.42. The molecule has 1 atom stereocenters. The summed E-state index contributed by atoms with van der Waals surface area (Å²) in [6, 6.07) is 8.36. The number of hydrogen-bond donors (Lipinski definition) is 0. The molecule has 0 nitrogen and oxygen atoms in total. The van der Waals surface area contributed by atoms with Gasteiger partial charge in [0.15, 0.2) is 0 Å². The van der Waals surface area contributed by atoms with E-state index < -0.39 is 0 Å². The molecule has 0 N–H and O–H groups in total. The zero-order chi connectivity index (χ0) is 20.3. The number of benzene rings is 1. The van der Waals surface area contributed by atoms with Crippen LogP contribution in [0.3, 0.4) is 0 Å². The molecule has 2 aliphatic carbocycles.